The molecule has 1 atom stereocenters. The van der Waals surface area contributed by atoms with Crippen molar-refractivity contribution >= 4 is 6.09 Å². The molecule has 0 fully saturated rings. The number of rotatable bonds is 4. The number of hydrogen-bond donors (Lipinski definition) is 0. The first-order chi connectivity index (χ1) is 7.16. The predicted octanol–water partition coefficient (Wildman–Crippen LogP) is 1.58. The van der Waals surface area contributed by atoms with Gasteiger partial charge in [0.1, 0.15) is 6.09 Å². The highest BCUT2D eigenvalue weighted by molar-refractivity contribution is 5.63. The number of hydrogen-bond acceptors (Lipinski definition) is 2. The van der Waals surface area contributed by atoms with Gasteiger partial charge >= 0.3 is 0 Å². The molecule has 0 spiro atoms. The largest absolute Gasteiger partial charge is 0.530 e. The van der Waals surface area contributed by atoms with Gasteiger partial charge in [-0.15, -0.1) is 6.58 Å². The van der Waals surface area contributed by atoms with E-state index in [-0.39, 0.29) is 12.6 Å². The van der Waals surface area contributed by atoms with Gasteiger partial charge in [-0.2, -0.15) is 0 Å². The van der Waals surface area contributed by atoms with E-state index in [1.54, 1.807) is 6.08 Å². The minimum absolute atomic E-state index is 0.214. The maximum Gasteiger partial charge on any atom is 0.137 e. The fraction of sp³-hybridized carbons (Fsp3) is 0.250. The summed E-state index contributed by atoms with van der Waals surface area (Å²) < 4.78 is 0. The lowest BCUT2D eigenvalue weighted by molar-refractivity contribution is -0.267. The van der Waals surface area contributed by atoms with Crippen LogP contribution in [-0.2, 0) is 0 Å². The van der Waals surface area contributed by atoms with Crippen LogP contribution in [0.15, 0.2) is 43.0 Å². The topological polar surface area (TPSA) is 43.4 Å². The monoisotopic (exact) mass is 204 g/mol. The maximum absolute atomic E-state index is 10.9. The molecule has 3 heteroatoms. The first-order valence-electron chi connectivity index (χ1n) is 4.80. The Bertz CT molecular complexity index is 335. The summed E-state index contributed by atoms with van der Waals surface area (Å²) in [5.41, 5.74) is 0.948. The molecule has 1 aromatic carbocycles. The van der Waals surface area contributed by atoms with Crippen molar-refractivity contribution in [3.8, 4) is 0 Å². The van der Waals surface area contributed by atoms with Crippen LogP contribution in [0.3, 0.4) is 0 Å². The minimum Gasteiger partial charge on any atom is -0.530 e. The molecule has 15 heavy (non-hydrogen) atoms. The van der Waals surface area contributed by atoms with Crippen molar-refractivity contribution in [1.29, 1.82) is 0 Å². The van der Waals surface area contributed by atoms with Crippen molar-refractivity contribution in [1.82, 2.24) is 4.90 Å². The van der Waals surface area contributed by atoms with E-state index in [4.69, 9.17) is 0 Å². The number of carbonyl (C=O) groups excluding carboxylic acids is 1. The van der Waals surface area contributed by atoms with Gasteiger partial charge in [-0.3, -0.25) is 0 Å². The SMILES string of the molecule is C=CCN(C(=O)[O-])C(C)c1ccccc1. The van der Waals surface area contributed by atoms with Gasteiger partial charge < -0.3 is 14.8 Å². The van der Waals surface area contributed by atoms with Gasteiger partial charge in [0.15, 0.2) is 0 Å². The van der Waals surface area contributed by atoms with Crippen molar-refractivity contribution in [2.75, 3.05) is 6.54 Å². The summed E-state index contributed by atoms with van der Waals surface area (Å²) in [7, 11) is 0. The van der Waals surface area contributed by atoms with Crippen molar-refractivity contribution < 1.29 is 9.90 Å². The summed E-state index contributed by atoms with van der Waals surface area (Å²) in [5.74, 6) is 0. The molecule has 0 aliphatic heterocycles. The second kappa shape index (κ2) is 5.20. The van der Waals surface area contributed by atoms with E-state index in [1.165, 1.54) is 4.90 Å². The van der Waals surface area contributed by atoms with E-state index >= 15 is 0 Å². The van der Waals surface area contributed by atoms with E-state index in [2.05, 4.69) is 6.58 Å². The lowest BCUT2D eigenvalue weighted by Gasteiger charge is -2.30. The molecule has 1 aromatic rings. The van der Waals surface area contributed by atoms with Gasteiger partial charge in [-0.1, -0.05) is 36.4 Å². The number of carboxylic acid groups (broad SMARTS) is 1. The first kappa shape index (κ1) is 11.3. The number of benzene rings is 1. The Hall–Kier alpha value is -1.77. The van der Waals surface area contributed by atoms with Gasteiger partial charge in [-0.05, 0) is 12.5 Å². The molecule has 0 aromatic heterocycles. The van der Waals surface area contributed by atoms with Crippen LogP contribution in [-0.4, -0.2) is 17.5 Å². The fourth-order valence-electron chi connectivity index (χ4n) is 1.44. The number of carbonyl (C=O) groups is 1. The molecule has 0 aliphatic rings. The van der Waals surface area contributed by atoms with Crippen molar-refractivity contribution in [2.45, 2.75) is 13.0 Å². The van der Waals surface area contributed by atoms with Crippen LogP contribution < -0.4 is 5.11 Å². The highest BCUT2D eigenvalue weighted by Gasteiger charge is 2.13. The third-order valence-electron chi connectivity index (χ3n) is 2.31. The molecule has 0 saturated carbocycles. The predicted molar refractivity (Wildman–Crippen MR) is 57.2 cm³/mol. The highest BCUT2D eigenvalue weighted by Crippen LogP contribution is 2.18. The van der Waals surface area contributed by atoms with Crippen LogP contribution in [0.4, 0.5) is 4.79 Å². The molecule has 80 valence electrons. The Kier molecular flexibility index (Phi) is 3.92. The van der Waals surface area contributed by atoms with Crippen LogP contribution in [0, 0.1) is 0 Å². The quantitative estimate of drug-likeness (QED) is 0.699. The van der Waals surface area contributed by atoms with Gasteiger partial charge in [-0.25, -0.2) is 0 Å². The Labute approximate surface area is 89.6 Å². The minimum atomic E-state index is -1.17. The van der Waals surface area contributed by atoms with Crippen molar-refractivity contribution in [2.24, 2.45) is 0 Å². The Morgan fingerprint density at radius 3 is 2.60 bits per heavy atom. The fourth-order valence-corrected chi connectivity index (χ4v) is 1.44. The average molecular weight is 204 g/mol. The zero-order chi connectivity index (χ0) is 11.3. The second-order valence-electron chi connectivity index (χ2n) is 3.29. The van der Waals surface area contributed by atoms with Crippen LogP contribution >= 0.6 is 0 Å². The van der Waals surface area contributed by atoms with E-state index in [1.807, 2.05) is 37.3 Å². The number of nitrogens with zero attached hydrogens (tertiary/aromatic N) is 1. The molecular weight excluding hydrogens is 190 g/mol. The second-order valence-corrected chi connectivity index (χ2v) is 3.29. The molecular formula is C12H14NO2-. The lowest BCUT2D eigenvalue weighted by atomic mass is 10.1. The van der Waals surface area contributed by atoms with Gasteiger partial charge in [0.2, 0.25) is 0 Å². The first-order valence-corrected chi connectivity index (χ1v) is 4.80. The highest BCUT2D eigenvalue weighted by atomic mass is 16.4. The summed E-state index contributed by atoms with van der Waals surface area (Å²) in [4.78, 5) is 12.1. The summed E-state index contributed by atoms with van der Waals surface area (Å²) in [5, 5.41) is 10.9. The molecule has 0 heterocycles. The van der Waals surface area contributed by atoms with Crippen molar-refractivity contribution in [3.63, 3.8) is 0 Å². The van der Waals surface area contributed by atoms with E-state index in [9.17, 15) is 9.90 Å². The van der Waals surface area contributed by atoms with E-state index in [0.717, 1.165) is 5.56 Å². The summed E-state index contributed by atoms with van der Waals surface area (Å²) in [6, 6.07) is 9.23. The molecule has 0 radical (unpaired) electrons. The molecule has 0 bridgehead atoms. The Balaban J connectivity index is 2.85. The number of amides is 1. The molecule has 0 N–H and O–H groups in total. The zero-order valence-corrected chi connectivity index (χ0v) is 8.72. The maximum atomic E-state index is 10.9. The molecule has 1 amide bonds. The van der Waals surface area contributed by atoms with E-state index < -0.39 is 6.09 Å². The van der Waals surface area contributed by atoms with Gasteiger partial charge in [0.05, 0.1) is 6.04 Å². The molecule has 1 rings (SSSR count). The smallest absolute Gasteiger partial charge is 0.137 e. The lowest BCUT2D eigenvalue weighted by Crippen LogP contribution is -2.42. The van der Waals surface area contributed by atoms with Crippen LogP contribution in [0.5, 0.6) is 0 Å². The normalized spacial score (nSPS) is 11.8. The third-order valence-corrected chi connectivity index (χ3v) is 2.31. The standard InChI is InChI=1S/C12H15NO2/c1-3-9-13(12(14)15)10(2)11-7-5-4-6-8-11/h3-8,10H,1,9H2,2H3,(H,14,15)/p-1. The molecule has 0 saturated heterocycles. The van der Waals surface area contributed by atoms with E-state index in [0.29, 0.717) is 0 Å². The molecule has 3 nitrogen and oxygen atoms in total. The summed E-state index contributed by atoms with van der Waals surface area (Å²) >= 11 is 0. The Morgan fingerprint density at radius 2 is 2.13 bits per heavy atom. The Morgan fingerprint density at radius 1 is 1.53 bits per heavy atom. The van der Waals surface area contributed by atoms with Crippen LogP contribution in [0.1, 0.15) is 18.5 Å². The van der Waals surface area contributed by atoms with Crippen LogP contribution in [0.25, 0.3) is 0 Å². The average Bonchev–Trinajstić information content (AvgIpc) is 2.26. The molecule has 0 aliphatic carbocycles. The van der Waals surface area contributed by atoms with Crippen LogP contribution in [0.2, 0.25) is 0 Å². The molecule has 1 unspecified atom stereocenters. The zero-order valence-electron chi connectivity index (χ0n) is 8.72. The summed E-state index contributed by atoms with van der Waals surface area (Å²) in [6.07, 6.45) is 0.376. The van der Waals surface area contributed by atoms with Gasteiger partial charge in [0.25, 0.3) is 0 Å². The van der Waals surface area contributed by atoms with Gasteiger partial charge in [0, 0.05) is 6.54 Å². The summed E-state index contributed by atoms with van der Waals surface area (Å²) in [6.45, 7) is 5.63. The third kappa shape index (κ3) is 2.84. The van der Waals surface area contributed by atoms with Crippen molar-refractivity contribution in [3.05, 3.63) is 48.6 Å².